The molecular formula is C9H10N2O2S. The molecule has 0 bridgehead atoms. The lowest BCUT2D eigenvalue weighted by Crippen LogP contribution is -2.28. The van der Waals surface area contributed by atoms with E-state index in [4.69, 9.17) is 0 Å². The summed E-state index contributed by atoms with van der Waals surface area (Å²) in [5, 5.41) is 3.94. The molecule has 1 aromatic carbocycles. The fraction of sp³-hybridized carbons (Fsp3) is 0.222. The Kier molecular flexibility index (Phi) is 1.85. The van der Waals surface area contributed by atoms with E-state index >= 15 is 0 Å². The van der Waals surface area contributed by atoms with E-state index < -0.39 is 10.0 Å². The van der Waals surface area contributed by atoms with Gasteiger partial charge in [0, 0.05) is 12.6 Å². The van der Waals surface area contributed by atoms with E-state index in [1.54, 1.807) is 31.2 Å². The lowest BCUT2D eigenvalue weighted by atomic mass is 10.1. The van der Waals surface area contributed by atoms with Crippen LogP contribution in [0.25, 0.3) is 0 Å². The topological polar surface area (TPSA) is 49.7 Å². The molecule has 2 rings (SSSR count). The van der Waals surface area contributed by atoms with Gasteiger partial charge in [-0.3, -0.25) is 0 Å². The molecule has 0 radical (unpaired) electrons. The first-order valence-corrected chi connectivity index (χ1v) is 5.61. The van der Waals surface area contributed by atoms with Crippen LogP contribution in [0.5, 0.6) is 0 Å². The second-order valence-electron chi connectivity index (χ2n) is 3.12. The molecule has 0 atom stereocenters. The van der Waals surface area contributed by atoms with Crippen molar-refractivity contribution < 1.29 is 8.42 Å². The number of fused-ring (bicyclic) bond motifs is 1. The molecule has 1 aliphatic heterocycles. The number of benzene rings is 1. The number of hydrazone groups is 1. The second-order valence-corrected chi connectivity index (χ2v) is 5.04. The van der Waals surface area contributed by atoms with E-state index in [1.807, 2.05) is 0 Å². The molecular weight excluding hydrogens is 200 g/mol. The van der Waals surface area contributed by atoms with Gasteiger partial charge in [0.05, 0.1) is 10.6 Å². The number of sulfonamides is 1. The summed E-state index contributed by atoms with van der Waals surface area (Å²) in [6, 6.07) is 6.87. The van der Waals surface area contributed by atoms with Gasteiger partial charge in [-0.1, -0.05) is 18.2 Å². The highest BCUT2D eigenvalue weighted by molar-refractivity contribution is 7.89. The summed E-state index contributed by atoms with van der Waals surface area (Å²) >= 11 is 0. The molecule has 0 fully saturated rings. The minimum Gasteiger partial charge on any atom is -0.200 e. The average Bonchev–Trinajstić information content (AvgIpc) is 2.16. The molecule has 14 heavy (non-hydrogen) atoms. The third kappa shape index (κ3) is 1.13. The van der Waals surface area contributed by atoms with E-state index in [1.165, 1.54) is 7.05 Å². The molecule has 1 aromatic rings. The van der Waals surface area contributed by atoms with Crippen LogP contribution in [-0.4, -0.2) is 25.6 Å². The zero-order chi connectivity index (χ0) is 10.3. The molecule has 4 nitrogen and oxygen atoms in total. The van der Waals surface area contributed by atoms with Crippen LogP contribution < -0.4 is 0 Å². The molecule has 5 heteroatoms. The van der Waals surface area contributed by atoms with Crippen molar-refractivity contribution >= 4 is 15.7 Å². The van der Waals surface area contributed by atoms with Gasteiger partial charge in [-0.15, -0.1) is 0 Å². The maximum absolute atomic E-state index is 11.8. The predicted octanol–water partition coefficient (Wildman–Crippen LogP) is 1.04. The van der Waals surface area contributed by atoms with Crippen LogP contribution in [0.1, 0.15) is 12.5 Å². The number of hydrogen-bond acceptors (Lipinski definition) is 3. The molecule has 1 aliphatic rings. The first-order valence-electron chi connectivity index (χ1n) is 4.17. The summed E-state index contributed by atoms with van der Waals surface area (Å²) in [5.41, 5.74) is 1.41. The van der Waals surface area contributed by atoms with Crippen molar-refractivity contribution in [2.45, 2.75) is 11.8 Å². The summed E-state index contributed by atoms with van der Waals surface area (Å²) in [6.07, 6.45) is 0. The molecule has 0 aliphatic carbocycles. The fourth-order valence-electron chi connectivity index (χ4n) is 1.45. The normalized spacial score (nSPS) is 18.7. The van der Waals surface area contributed by atoms with Crippen LogP contribution in [-0.2, 0) is 10.0 Å². The van der Waals surface area contributed by atoms with Crippen molar-refractivity contribution in [3.63, 3.8) is 0 Å². The van der Waals surface area contributed by atoms with E-state index in [0.29, 0.717) is 10.5 Å². The van der Waals surface area contributed by atoms with Gasteiger partial charge < -0.3 is 0 Å². The molecule has 0 aromatic heterocycles. The van der Waals surface area contributed by atoms with Gasteiger partial charge in [0.25, 0.3) is 10.0 Å². The zero-order valence-electron chi connectivity index (χ0n) is 7.93. The largest absolute Gasteiger partial charge is 0.279 e. The summed E-state index contributed by atoms with van der Waals surface area (Å²) in [4.78, 5) is 0.329. The Morgan fingerprint density at radius 1 is 1.29 bits per heavy atom. The Bertz CT molecular complexity index is 505. The molecule has 0 saturated carbocycles. The standard InChI is InChI=1S/C9H10N2O2S/c1-7-8-5-3-4-6-9(8)14(12,13)11(2)10-7/h3-6H,1-2H3. The minimum atomic E-state index is -3.41. The van der Waals surface area contributed by atoms with Gasteiger partial charge in [0.1, 0.15) is 0 Å². The smallest absolute Gasteiger partial charge is 0.200 e. The van der Waals surface area contributed by atoms with Crippen LogP contribution in [0, 0.1) is 0 Å². The van der Waals surface area contributed by atoms with Crippen LogP contribution in [0.15, 0.2) is 34.3 Å². The van der Waals surface area contributed by atoms with Gasteiger partial charge >= 0.3 is 0 Å². The lowest BCUT2D eigenvalue weighted by molar-refractivity contribution is 0.485. The number of rotatable bonds is 0. The summed E-state index contributed by atoms with van der Waals surface area (Å²) in [7, 11) is -1.97. The summed E-state index contributed by atoms with van der Waals surface area (Å²) < 4.78 is 24.5. The fourth-order valence-corrected chi connectivity index (χ4v) is 2.71. The van der Waals surface area contributed by atoms with Gasteiger partial charge in [-0.25, -0.2) is 0 Å². The number of nitrogens with zero attached hydrogens (tertiary/aromatic N) is 2. The van der Waals surface area contributed by atoms with Gasteiger partial charge in [0.15, 0.2) is 0 Å². The first kappa shape index (κ1) is 9.21. The molecule has 0 amide bonds. The van der Waals surface area contributed by atoms with E-state index in [0.717, 1.165) is 10.1 Å². The summed E-state index contributed by atoms with van der Waals surface area (Å²) in [5.74, 6) is 0. The van der Waals surface area contributed by atoms with E-state index in [-0.39, 0.29) is 0 Å². The van der Waals surface area contributed by atoms with E-state index in [9.17, 15) is 8.42 Å². The number of hydrogen-bond donors (Lipinski definition) is 0. The van der Waals surface area contributed by atoms with Crippen molar-refractivity contribution in [2.24, 2.45) is 5.10 Å². The van der Waals surface area contributed by atoms with Crippen molar-refractivity contribution in [2.75, 3.05) is 7.05 Å². The Labute approximate surface area is 82.9 Å². The predicted molar refractivity (Wildman–Crippen MR) is 53.6 cm³/mol. The quantitative estimate of drug-likeness (QED) is 0.642. The summed E-state index contributed by atoms with van der Waals surface area (Å²) in [6.45, 7) is 1.80. The third-order valence-electron chi connectivity index (χ3n) is 2.19. The van der Waals surface area contributed by atoms with Gasteiger partial charge in [0.2, 0.25) is 0 Å². The Morgan fingerprint density at radius 3 is 2.64 bits per heavy atom. The lowest BCUT2D eigenvalue weighted by Gasteiger charge is -2.22. The van der Waals surface area contributed by atoms with Gasteiger partial charge in [-0.05, 0) is 13.0 Å². The molecule has 74 valence electrons. The molecule has 0 unspecified atom stereocenters. The van der Waals surface area contributed by atoms with E-state index in [2.05, 4.69) is 5.10 Å². The Balaban J connectivity index is 2.80. The highest BCUT2D eigenvalue weighted by atomic mass is 32.2. The highest BCUT2D eigenvalue weighted by Gasteiger charge is 2.27. The average molecular weight is 210 g/mol. The van der Waals surface area contributed by atoms with Gasteiger partial charge in [-0.2, -0.15) is 17.9 Å². The van der Waals surface area contributed by atoms with Crippen molar-refractivity contribution in [1.29, 1.82) is 0 Å². The second kappa shape index (κ2) is 2.81. The Hall–Kier alpha value is -1.36. The van der Waals surface area contributed by atoms with Crippen LogP contribution in [0.3, 0.4) is 0 Å². The molecule has 0 N–H and O–H groups in total. The van der Waals surface area contributed by atoms with Crippen molar-refractivity contribution in [3.8, 4) is 0 Å². The van der Waals surface area contributed by atoms with Crippen LogP contribution in [0.2, 0.25) is 0 Å². The van der Waals surface area contributed by atoms with Crippen LogP contribution >= 0.6 is 0 Å². The zero-order valence-corrected chi connectivity index (χ0v) is 8.75. The van der Waals surface area contributed by atoms with Crippen molar-refractivity contribution in [1.82, 2.24) is 4.41 Å². The monoisotopic (exact) mass is 210 g/mol. The first-order chi connectivity index (χ1) is 6.53. The highest BCUT2D eigenvalue weighted by Crippen LogP contribution is 2.24. The molecule has 0 saturated heterocycles. The van der Waals surface area contributed by atoms with Crippen LogP contribution in [0.4, 0.5) is 0 Å². The van der Waals surface area contributed by atoms with Crippen molar-refractivity contribution in [3.05, 3.63) is 29.8 Å². The maximum Gasteiger partial charge on any atom is 0.279 e. The SMILES string of the molecule is CC1=NN(C)S(=O)(=O)c2ccccc21. The minimum absolute atomic E-state index is 0.329. The molecule has 0 spiro atoms. The Morgan fingerprint density at radius 2 is 1.93 bits per heavy atom. The third-order valence-corrected chi connectivity index (χ3v) is 3.88. The maximum atomic E-state index is 11.8. The molecule has 1 heterocycles.